The second-order valence-electron chi connectivity index (χ2n) is 18.4. The molecular weight excluding hydrogens is 821 g/mol. The number of rotatable bonds is 4. The fourth-order valence-corrected chi connectivity index (χ4v) is 11.8. The van der Waals surface area contributed by atoms with Gasteiger partial charge in [0.1, 0.15) is 0 Å². The summed E-state index contributed by atoms with van der Waals surface area (Å²) >= 11 is 0. The molecule has 13 aromatic carbocycles. The predicted molar refractivity (Wildman–Crippen MR) is 291 cm³/mol. The van der Waals surface area contributed by atoms with Gasteiger partial charge in [-0.1, -0.05) is 176 Å². The van der Waals surface area contributed by atoms with Crippen LogP contribution in [0.4, 0.5) is 0 Å². The number of hydrogen-bond donors (Lipinski definition) is 0. The molecule has 2 nitrogen and oxygen atoms in total. The van der Waals surface area contributed by atoms with Crippen molar-refractivity contribution in [2.45, 2.75) is 0 Å². The van der Waals surface area contributed by atoms with Gasteiger partial charge < -0.3 is 9.13 Å². The monoisotopic (exact) mass is 860 g/mol. The van der Waals surface area contributed by atoms with E-state index in [-0.39, 0.29) is 0 Å². The molecule has 2 heterocycles. The molecule has 0 bridgehead atoms. The average Bonchev–Trinajstić information content (AvgIpc) is 3.92. The standard InChI is InChI=1S/C66H40N2/c1-2-16-43-36-48(32-28-41(43)14-1)68-62-27-12-10-24-54(62)59-39-45(31-35-64(59)68)44-30-34-63-58(38-44)53-23-9-11-26-61(53)67(63)47-18-13-17-46(37-47)57-40-60-52-22-6-5-20-50(52)51-21-7-8-25-55(51)66(60)65-49-19-4-3-15-42(49)29-33-56(57)65/h1-40H. The lowest BCUT2D eigenvalue weighted by Crippen LogP contribution is -1.95. The molecule has 0 spiro atoms. The first-order chi connectivity index (χ1) is 33.7. The van der Waals surface area contributed by atoms with E-state index in [0.717, 1.165) is 5.69 Å². The van der Waals surface area contributed by atoms with Gasteiger partial charge in [-0.2, -0.15) is 0 Å². The van der Waals surface area contributed by atoms with Crippen molar-refractivity contribution in [3.8, 4) is 33.6 Å². The summed E-state index contributed by atoms with van der Waals surface area (Å²) in [6.07, 6.45) is 0. The average molecular weight is 861 g/mol. The Balaban J connectivity index is 0.913. The zero-order chi connectivity index (χ0) is 44.5. The minimum absolute atomic E-state index is 1.14. The molecule has 0 saturated heterocycles. The minimum atomic E-state index is 1.14. The molecule has 68 heavy (non-hydrogen) atoms. The van der Waals surface area contributed by atoms with Crippen molar-refractivity contribution in [2.75, 3.05) is 0 Å². The number of hydrogen-bond acceptors (Lipinski definition) is 0. The summed E-state index contributed by atoms with van der Waals surface area (Å²) in [5.41, 5.74) is 11.9. The maximum atomic E-state index is 2.47. The van der Waals surface area contributed by atoms with Crippen LogP contribution in [0.1, 0.15) is 0 Å². The molecular formula is C66H40N2. The normalized spacial score (nSPS) is 12.1. The van der Waals surface area contributed by atoms with Crippen LogP contribution in [0.25, 0.3) is 142 Å². The highest BCUT2D eigenvalue weighted by Crippen LogP contribution is 2.46. The molecule has 0 saturated carbocycles. The number of para-hydroxylation sites is 2. The molecule has 15 aromatic rings. The van der Waals surface area contributed by atoms with E-state index in [0.29, 0.717) is 0 Å². The molecule has 15 rings (SSSR count). The fraction of sp³-hybridized carbons (Fsp3) is 0. The van der Waals surface area contributed by atoms with Gasteiger partial charge >= 0.3 is 0 Å². The van der Waals surface area contributed by atoms with Gasteiger partial charge in [-0.3, -0.25) is 0 Å². The van der Waals surface area contributed by atoms with Gasteiger partial charge in [0, 0.05) is 32.9 Å². The molecule has 0 fully saturated rings. The van der Waals surface area contributed by atoms with Crippen LogP contribution in [0.15, 0.2) is 243 Å². The van der Waals surface area contributed by atoms with Crippen molar-refractivity contribution < 1.29 is 0 Å². The second kappa shape index (κ2) is 14.3. The molecule has 2 aromatic heterocycles. The van der Waals surface area contributed by atoms with E-state index < -0.39 is 0 Å². The van der Waals surface area contributed by atoms with E-state index >= 15 is 0 Å². The zero-order valence-corrected chi connectivity index (χ0v) is 37.0. The first kappa shape index (κ1) is 37.3. The summed E-state index contributed by atoms with van der Waals surface area (Å²) in [6, 6.07) is 90.2. The molecule has 0 atom stereocenters. The van der Waals surface area contributed by atoms with Crippen LogP contribution in [0, 0.1) is 0 Å². The Bertz CT molecular complexity index is 4610. The van der Waals surface area contributed by atoms with Gasteiger partial charge in [-0.05, 0) is 154 Å². The number of nitrogens with zero attached hydrogens (tertiary/aromatic N) is 2. The molecule has 0 radical (unpaired) electrons. The summed E-state index contributed by atoms with van der Waals surface area (Å²) in [7, 11) is 0. The molecule has 0 aliphatic rings. The van der Waals surface area contributed by atoms with Crippen molar-refractivity contribution >= 4 is 108 Å². The molecule has 314 valence electrons. The highest BCUT2D eigenvalue weighted by Gasteiger charge is 2.20. The molecule has 0 unspecified atom stereocenters. The Labute approximate surface area is 391 Å². The number of aromatic nitrogens is 2. The van der Waals surface area contributed by atoms with E-state index in [9.17, 15) is 0 Å². The third-order valence-electron chi connectivity index (χ3n) is 14.8. The highest BCUT2D eigenvalue weighted by molar-refractivity contribution is 6.36. The van der Waals surface area contributed by atoms with Crippen LogP contribution in [-0.4, -0.2) is 9.13 Å². The van der Waals surface area contributed by atoms with Crippen molar-refractivity contribution in [3.05, 3.63) is 243 Å². The molecule has 2 heteroatoms. The summed E-state index contributed by atoms with van der Waals surface area (Å²) in [4.78, 5) is 0. The van der Waals surface area contributed by atoms with Gasteiger partial charge in [0.2, 0.25) is 0 Å². The lowest BCUT2D eigenvalue weighted by atomic mass is 9.85. The zero-order valence-electron chi connectivity index (χ0n) is 37.0. The quantitative estimate of drug-likeness (QED) is 0.156. The van der Waals surface area contributed by atoms with Crippen LogP contribution in [0.3, 0.4) is 0 Å². The summed E-state index contributed by atoms with van der Waals surface area (Å²) in [5.74, 6) is 0. The summed E-state index contributed by atoms with van der Waals surface area (Å²) in [5, 5.41) is 20.3. The second-order valence-corrected chi connectivity index (χ2v) is 18.4. The SMILES string of the molecule is c1cc(-c2cc3c4ccccc4c4ccccc4c3c3c2ccc2ccccc23)cc(-n2c3ccccc3c3cc(-c4ccc5c(c4)c4ccccc4n5-c4ccc5ccccc5c4)ccc32)c1. The Kier molecular flexibility index (Phi) is 7.81. The predicted octanol–water partition coefficient (Wildman–Crippen LogP) is 18.1. The number of benzene rings is 13. The smallest absolute Gasteiger partial charge is 0.0541 e. The summed E-state index contributed by atoms with van der Waals surface area (Å²) in [6.45, 7) is 0. The molecule has 0 aliphatic carbocycles. The van der Waals surface area contributed by atoms with Gasteiger partial charge in [0.25, 0.3) is 0 Å². The Morgan fingerprint density at radius 1 is 0.206 bits per heavy atom. The number of fused-ring (bicyclic) bond motifs is 17. The van der Waals surface area contributed by atoms with E-state index in [1.54, 1.807) is 0 Å². The van der Waals surface area contributed by atoms with E-state index in [1.807, 2.05) is 0 Å². The van der Waals surface area contributed by atoms with Crippen LogP contribution >= 0.6 is 0 Å². The molecule has 0 N–H and O–H groups in total. The summed E-state index contributed by atoms with van der Waals surface area (Å²) < 4.78 is 4.87. The Morgan fingerprint density at radius 2 is 0.691 bits per heavy atom. The highest BCUT2D eigenvalue weighted by atomic mass is 15.0. The van der Waals surface area contributed by atoms with Crippen molar-refractivity contribution in [2.24, 2.45) is 0 Å². The lowest BCUT2D eigenvalue weighted by molar-refractivity contribution is 1.18. The third-order valence-corrected chi connectivity index (χ3v) is 14.8. The van der Waals surface area contributed by atoms with Crippen LogP contribution < -0.4 is 0 Å². The van der Waals surface area contributed by atoms with Crippen molar-refractivity contribution in [3.63, 3.8) is 0 Å². The van der Waals surface area contributed by atoms with E-state index in [4.69, 9.17) is 0 Å². The van der Waals surface area contributed by atoms with Gasteiger partial charge in [0.05, 0.1) is 22.1 Å². The molecule has 0 aliphatic heterocycles. The van der Waals surface area contributed by atoms with Crippen LogP contribution in [0.2, 0.25) is 0 Å². The van der Waals surface area contributed by atoms with Crippen molar-refractivity contribution in [1.29, 1.82) is 0 Å². The molecule has 0 amide bonds. The van der Waals surface area contributed by atoms with Gasteiger partial charge in [-0.25, -0.2) is 0 Å². The van der Waals surface area contributed by atoms with E-state index in [2.05, 4.69) is 252 Å². The minimum Gasteiger partial charge on any atom is -0.309 e. The largest absolute Gasteiger partial charge is 0.309 e. The first-order valence-electron chi connectivity index (χ1n) is 23.6. The van der Waals surface area contributed by atoms with E-state index in [1.165, 1.54) is 136 Å². The van der Waals surface area contributed by atoms with Gasteiger partial charge in [0.15, 0.2) is 0 Å². The van der Waals surface area contributed by atoms with Gasteiger partial charge in [-0.15, -0.1) is 0 Å². The van der Waals surface area contributed by atoms with Crippen molar-refractivity contribution in [1.82, 2.24) is 9.13 Å². The fourth-order valence-electron chi connectivity index (χ4n) is 11.8. The maximum absolute atomic E-state index is 2.47. The Morgan fingerprint density at radius 3 is 1.37 bits per heavy atom. The maximum Gasteiger partial charge on any atom is 0.0541 e. The van der Waals surface area contributed by atoms with Crippen LogP contribution in [-0.2, 0) is 0 Å². The Hall–Kier alpha value is -8.98. The third kappa shape index (κ3) is 5.34. The lowest BCUT2D eigenvalue weighted by Gasteiger charge is -2.18. The topological polar surface area (TPSA) is 9.86 Å². The van der Waals surface area contributed by atoms with Crippen LogP contribution in [0.5, 0.6) is 0 Å². The first-order valence-corrected chi connectivity index (χ1v) is 23.6.